The Morgan fingerprint density at radius 1 is 0.288 bits per heavy atom. The standard InChI is InChI=1S/4C30H29N2O/c1-17(2)19-13-15-32(6)24(16-19)25-18(3)9-10-21-22-12-11-20-23-8-7-14-31-29(23)30(4,5)26(20)28(22)33-27(21)25;1-17(2)19-11-13-32(6)25(14-19)27-18(3)9-10-20-23-15-24-22(16-26(23)33-28(20)27)21-8-7-12-31-29(21)30(24,4)5;1-17(2)19-13-14-32(6)24(15-19)25-18(3)11-12-20-22-16-31-29-26(28(22)33-27(20)25)21-9-7-8-10-23(21)30(29,4)5;1-17(2)19-13-14-32(6)24(15-19)25-18(3)11-12-21-27-29(33-28(21)25)26-20-9-7-8-10-22(20)30(4,5)23(26)16-31-27/h4*7-17H,1-6H3/q4*+1/i4*4D3,5D3,17D. The van der Waals surface area contributed by atoms with E-state index in [0.717, 1.165) is 111 Å². The van der Waals surface area contributed by atoms with Crippen molar-refractivity contribution in [2.24, 2.45) is 28.2 Å². The summed E-state index contributed by atoms with van der Waals surface area (Å²) in [4.78, 5) is 17.9. The molecule has 0 spiro atoms. The Morgan fingerprint density at radius 3 is 1.17 bits per heavy atom. The van der Waals surface area contributed by atoms with Crippen molar-refractivity contribution in [3.05, 3.63) is 333 Å². The van der Waals surface area contributed by atoms with Crippen molar-refractivity contribution >= 4 is 87.9 Å². The monoisotopic (exact) mass is 1760 g/mol. The maximum Gasteiger partial charge on any atom is 0.216 e. The number of hydrogen-bond donors (Lipinski definition) is 0. The van der Waals surface area contributed by atoms with Crippen LogP contribution < -0.4 is 18.3 Å². The largest absolute Gasteiger partial charge is 0.455 e. The molecule has 4 aliphatic carbocycles. The first kappa shape index (κ1) is 58.7. The van der Waals surface area contributed by atoms with Gasteiger partial charge in [0.25, 0.3) is 0 Å². The zero-order valence-corrected chi connectivity index (χ0v) is 76.3. The van der Waals surface area contributed by atoms with Crippen LogP contribution in [0.3, 0.4) is 0 Å². The van der Waals surface area contributed by atoms with Gasteiger partial charge in [-0.2, -0.15) is 0 Å². The highest BCUT2D eigenvalue weighted by atomic mass is 16.3. The third-order valence-electron chi connectivity index (χ3n) is 27.3. The van der Waals surface area contributed by atoms with Gasteiger partial charge in [0.15, 0.2) is 36.0 Å². The first-order valence-corrected chi connectivity index (χ1v) is 44.2. The Bertz CT molecular complexity index is 9190. The summed E-state index contributed by atoms with van der Waals surface area (Å²) in [5.74, 6) is -3.23. The van der Waals surface area contributed by atoms with Crippen LogP contribution in [0.5, 0.6) is 0 Å². The topological polar surface area (TPSA) is 120 Å². The lowest BCUT2D eigenvalue weighted by molar-refractivity contribution is -0.660. The molecule has 12 heteroatoms. The highest BCUT2D eigenvalue weighted by Crippen LogP contribution is 2.58. The van der Waals surface area contributed by atoms with E-state index in [2.05, 4.69) is 19.9 Å². The van der Waals surface area contributed by atoms with E-state index in [0.29, 0.717) is 105 Å². The van der Waals surface area contributed by atoms with Crippen molar-refractivity contribution in [2.75, 3.05) is 0 Å². The fraction of sp³-hybridized carbons (Fsp3) is 0.267. The zero-order chi connectivity index (χ0) is 116. The molecule has 12 nitrogen and oxygen atoms in total. The van der Waals surface area contributed by atoms with Crippen molar-refractivity contribution < 1.29 is 74.3 Å². The summed E-state index contributed by atoms with van der Waals surface area (Å²) < 4.78 is 273. The number of pyridine rings is 8. The summed E-state index contributed by atoms with van der Waals surface area (Å²) in [6.07, 6.45) is 13.5. The third kappa shape index (κ3) is 12.9. The molecule has 20 aromatic rings. The molecular formula is C120H116N8O4+4. The second-order valence-corrected chi connectivity index (χ2v) is 36.7. The van der Waals surface area contributed by atoms with Gasteiger partial charge in [-0.15, -0.1) is 0 Å². The van der Waals surface area contributed by atoms with Gasteiger partial charge < -0.3 is 17.7 Å². The predicted molar refractivity (Wildman–Crippen MR) is 538 cm³/mol. The smallest absolute Gasteiger partial charge is 0.216 e. The van der Waals surface area contributed by atoms with Crippen molar-refractivity contribution in [3.63, 3.8) is 0 Å². The molecule has 8 aromatic carbocycles. The highest BCUT2D eigenvalue weighted by Gasteiger charge is 2.44. The van der Waals surface area contributed by atoms with Crippen LogP contribution in [0.15, 0.2) is 261 Å². The van der Waals surface area contributed by atoms with Crippen molar-refractivity contribution in [2.45, 2.75) is 183 Å². The molecule has 132 heavy (non-hydrogen) atoms. The molecule has 656 valence electrons. The third-order valence-corrected chi connectivity index (χ3v) is 27.3. The number of fused-ring (bicyclic) bond motifs is 27. The Labute approximate surface area is 812 Å². The summed E-state index contributed by atoms with van der Waals surface area (Å²) in [5, 5.41) is 4.99. The summed E-state index contributed by atoms with van der Waals surface area (Å²) in [6.45, 7) is -0.546. The van der Waals surface area contributed by atoms with E-state index < -0.39 is 100 Å². The van der Waals surface area contributed by atoms with Crippen molar-refractivity contribution in [3.8, 4) is 89.5 Å². The Hall–Kier alpha value is -13.8. The molecule has 0 radical (unpaired) electrons. The minimum Gasteiger partial charge on any atom is -0.455 e. The fourth-order valence-electron chi connectivity index (χ4n) is 20.2. The van der Waals surface area contributed by atoms with E-state index >= 15 is 0 Å². The number of hydrogen-bond acceptors (Lipinski definition) is 8. The quantitative estimate of drug-likeness (QED) is 0.138. The average Bonchev–Trinajstić information content (AvgIpc) is 1.53. The number of aromatic nitrogens is 8. The van der Waals surface area contributed by atoms with Gasteiger partial charge in [-0.3, -0.25) is 19.9 Å². The van der Waals surface area contributed by atoms with Crippen LogP contribution in [-0.2, 0) is 49.9 Å². The Kier molecular flexibility index (Phi) is 13.8. The maximum atomic E-state index is 8.60. The van der Waals surface area contributed by atoms with Gasteiger partial charge in [0.05, 0.1) is 39.3 Å². The molecule has 24 rings (SSSR count). The second kappa shape index (κ2) is 30.9. The van der Waals surface area contributed by atoms with E-state index in [1.165, 1.54) is 18.6 Å². The van der Waals surface area contributed by atoms with Crippen molar-refractivity contribution in [1.29, 1.82) is 0 Å². The van der Waals surface area contributed by atoms with Gasteiger partial charge in [0, 0.05) is 199 Å². The molecule has 0 saturated carbocycles. The van der Waals surface area contributed by atoms with Gasteiger partial charge in [0.1, 0.15) is 67.2 Å². The number of aryl methyl sites for hydroxylation is 8. The zero-order valence-electron chi connectivity index (χ0n) is 104. The lowest BCUT2D eigenvalue weighted by Crippen LogP contribution is -2.31. The molecule has 0 saturated heterocycles. The molecule has 0 bridgehead atoms. The van der Waals surface area contributed by atoms with Gasteiger partial charge >= 0.3 is 0 Å². The van der Waals surface area contributed by atoms with Gasteiger partial charge in [0.2, 0.25) is 22.8 Å². The van der Waals surface area contributed by atoms with Gasteiger partial charge in [-0.25, -0.2) is 18.3 Å². The average molecular weight is 1760 g/mol. The van der Waals surface area contributed by atoms with E-state index in [-0.39, 0.29) is 50.5 Å². The number of furan rings is 4. The second-order valence-electron chi connectivity index (χ2n) is 36.7. The summed E-state index contributed by atoms with van der Waals surface area (Å²) in [5.41, 5.74) is 14.0. The van der Waals surface area contributed by atoms with Crippen LogP contribution in [0.1, 0.15) is 262 Å². The van der Waals surface area contributed by atoms with E-state index in [1.807, 2.05) is 257 Å². The minimum atomic E-state index is -2.95. The summed E-state index contributed by atoms with van der Waals surface area (Å²) in [7, 11) is 7.74. The highest BCUT2D eigenvalue weighted by molar-refractivity contribution is 6.17. The normalized spacial score (nSPS) is 18.5. The van der Waals surface area contributed by atoms with Crippen LogP contribution in [0.2, 0.25) is 0 Å². The lowest BCUT2D eigenvalue weighted by Gasteiger charge is -2.20. The van der Waals surface area contributed by atoms with Crippen LogP contribution >= 0.6 is 0 Å². The van der Waals surface area contributed by atoms with E-state index in [4.69, 9.17) is 56.0 Å². The van der Waals surface area contributed by atoms with Crippen LogP contribution in [0, 0.1) is 27.7 Å². The summed E-state index contributed by atoms with van der Waals surface area (Å²) >= 11 is 0. The van der Waals surface area contributed by atoms with Gasteiger partial charge in [-0.1, -0.05) is 206 Å². The summed E-state index contributed by atoms with van der Waals surface area (Å²) in [6, 6.07) is 58.8. The van der Waals surface area contributed by atoms with E-state index in [1.54, 1.807) is 97.2 Å². The Balaban J connectivity index is 0.000000123. The number of nitrogens with zero attached hydrogens (tertiary/aromatic N) is 8. The molecule has 12 heterocycles. The first-order valence-electron chi connectivity index (χ1n) is 58.2. The molecule has 0 fully saturated rings. The fourth-order valence-corrected chi connectivity index (χ4v) is 20.2. The molecule has 0 amide bonds. The maximum absolute atomic E-state index is 8.60. The Morgan fingerprint density at radius 2 is 0.674 bits per heavy atom. The van der Waals surface area contributed by atoms with Crippen molar-refractivity contribution in [1.82, 2.24) is 19.9 Å². The van der Waals surface area contributed by atoms with Gasteiger partial charge in [-0.05, 0) is 190 Å². The lowest BCUT2D eigenvalue weighted by atomic mass is 9.83. The van der Waals surface area contributed by atoms with E-state index in [9.17, 15) is 0 Å². The first-order chi connectivity index (χ1) is 74.3. The molecule has 0 unspecified atom stereocenters. The van der Waals surface area contributed by atoms with Crippen LogP contribution in [0.25, 0.3) is 177 Å². The molecule has 0 aliphatic heterocycles. The molecule has 0 atom stereocenters. The SMILES string of the molecule is [2H]C(C)(C)c1cc[n+](C)c(-c2c(C)ccc3c2oc2c4c(ccc23)-c2cccnc2C4(C([2H])([2H])[2H])C([2H])([2H])[2H])c1.[2H]C(C)(C)c1cc[n+](C)c(-c2c(C)ccc3c2oc2c4c(cnc23)C(C([2H])([2H])[2H])(C([2H])([2H])[2H])c2ccccc2-4)c1.[2H]C(C)(C)c1cc[n+](C)c(-c2c(C)ccc3c2oc2c4c(ncc23)C(C([2H])([2H])[2H])(C([2H])([2H])[2H])c2ccccc2-4)c1.[2H]C(C)(C)c1cc[n+](C)c(-c2c(C)ccc3c2oc2cc4c(cc23)C(C([2H])([2H])[2H])(C([2H])([2H])[2H])c2ncccc2-4)c1. The van der Waals surface area contributed by atoms with Crippen LogP contribution in [0.4, 0.5) is 0 Å². The molecular weight excluding hydrogens is 1620 g/mol. The predicted octanol–water partition coefficient (Wildman–Crippen LogP) is 28.8. The minimum absolute atomic E-state index is 0.0120. The molecule has 4 aliphatic rings. The number of benzene rings is 8. The van der Waals surface area contributed by atoms with Crippen LogP contribution in [-0.4, -0.2) is 19.9 Å². The molecule has 0 N–H and O–H groups in total. The number of rotatable bonds is 8. The molecule has 12 aromatic heterocycles.